The van der Waals surface area contributed by atoms with Gasteiger partial charge >= 0.3 is 0 Å². The zero-order chi connectivity index (χ0) is 14.2. The highest BCUT2D eigenvalue weighted by Gasteiger charge is 2.19. The molecular weight excluding hydrogens is 250 g/mol. The normalized spacial score (nSPS) is 23.0. The fourth-order valence-corrected chi connectivity index (χ4v) is 2.94. The summed E-state index contributed by atoms with van der Waals surface area (Å²) in [6.07, 6.45) is 8.57. The van der Waals surface area contributed by atoms with Crippen LogP contribution in [0.2, 0.25) is 0 Å². The molecule has 1 atom stereocenters. The molecule has 1 aliphatic heterocycles. The molecule has 4 nitrogen and oxygen atoms in total. The minimum absolute atomic E-state index is 0.654. The molecule has 0 radical (unpaired) electrons. The molecular formula is C16H29N3O. The molecule has 1 aliphatic carbocycles. The Morgan fingerprint density at radius 1 is 1.55 bits per heavy atom. The number of aliphatic imine (C=N–C) groups is 1. The lowest BCUT2D eigenvalue weighted by Crippen LogP contribution is -2.41. The first-order valence-corrected chi connectivity index (χ1v) is 8.04. The lowest BCUT2D eigenvalue weighted by Gasteiger charge is -2.24. The maximum Gasteiger partial charge on any atom is 0.193 e. The number of hydrogen-bond acceptors (Lipinski definition) is 2. The molecule has 2 aliphatic rings. The molecule has 0 spiro atoms. The van der Waals surface area contributed by atoms with Gasteiger partial charge < -0.3 is 15.0 Å². The van der Waals surface area contributed by atoms with Crippen LogP contribution in [0.4, 0.5) is 0 Å². The molecule has 0 aromatic carbocycles. The first kappa shape index (κ1) is 15.4. The number of nitrogens with zero attached hydrogens (tertiary/aromatic N) is 2. The summed E-state index contributed by atoms with van der Waals surface area (Å²) in [4.78, 5) is 7.02. The van der Waals surface area contributed by atoms with Gasteiger partial charge in [-0.2, -0.15) is 0 Å². The molecule has 114 valence electrons. The van der Waals surface area contributed by atoms with Gasteiger partial charge in [0.25, 0.3) is 0 Å². The standard InChI is InChI=1S/C16H29N3O/c1-3-17-16(18-10-8-14-6-4-5-7-14)19(2)12-15-9-11-20-13-15/h6,15H,3-5,7-13H2,1-2H3,(H,17,18). The van der Waals surface area contributed by atoms with Crippen LogP contribution in [-0.2, 0) is 4.74 Å². The summed E-state index contributed by atoms with van der Waals surface area (Å²) in [5.41, 5.74) is 1.59. The van der Waals surface area contributed by atoms with Gasteiger partial charge in [0.2, 0.25) is 0 Å². The maximum absolute atomic E-state index is 5.45. The van der Waals surface area contributed by atoms with Gasteiger partial charge in [-0.3, -0.25) is 4.99 Å². The molecule has 1 saturated heterocycles. The number of ether oxygens (including phenoxy) is 1. The molecule has 0 aromatic rings. The predicted molar refractivity (Wildman–Crippen MR) is 84.1 cm³/mol. The Balaban J connectivity index is 1.80. The van der Waals surface area contributed by atoms with Gasteiger partial charge in [0.1, 0.15) is 0 Å². The van der Waals surface area contributed by atoms with Gasteiger partial charge in [-0.05, 0) is 39.0 Å². The predicted octanol–water partition coefficient (Wildman–Crippen LogP) is 2.42. The fraction of sp³-hybridized carbons (Fsp3) is 0.812. The average Bonchev–Trinajstić information content (AvgIpc) is 3.10. The quantitative estimate of drug-likeness (QED) is 0.461. The minimum atomic E-state index is 0.654. The first-order valence-electron chi connectivity index (χ1n) is 8.04. The molecule has 1 heterocycles. The van der Waals surface area contributed by atoms with Crippen molar-refractivity contribution in [3.63, 3.8) is 0 Å². The van der Waals surface area contributed by atoms with Crippen molar-refractivity contribution in [2.45, 2.75) is 39.0 Å². The summed E-state index contributed by atoms with van der Waals surface area (Å²) in [7, 11) is 2.13. The Kier molecular flexibility index (Phi) is 6.37. The van der Waals surface area contributed by atoms with E-state index in [0.717, 1.165) is 45.2 Å². The van der Waals surface area contributed by atoms with Crippen LogP contribution in [0.3, 0.4) is 0 Å². The van der Waals surface area contributed by atoms with E-state index in [4.69, 9.17) is 9.73 Å². The van der Waals surface area contributed by atoms with E-state index in [1.54, 1.807) is 5.57 Å². The molecule has 1 unspecified atom stereocenters. The van der Waals surface area contributed by atoms with Crippen molar-refractivity contribution in [3.05, 3.63) is 11.6 Å². The van der Waals surface area contributed by atoms with Crippen molar-refractivity contribution in [2.75, 3.05) is 39.9 Å². The van der Waals surface area contributed by atoms with Gasteiger partial charge in [0.15, 0.2) is 5.96 Å². The van der Waals surface area contributed by atoms with E-state index in [0.29, 0.717) is 5.92 Å². The van der Waals surface area contributed by atoms with Crippen molar-refractivity contribution in [3.8, 4) is 0 Å². The molecule has 4 heteroatoms. The summed E-state index contributed by atoms with van der Waals surface area (Å²) in [6.45, 7) is 6.81. The van der Waals surface area contributed by atoms with Crippen LogP contribution >= 0.6 is 0 Å². The molecule has 0 saturated carbocycles. The Morgan fingerprint density at radius 2 is 2.45 bits per heavy atom. The van der Waals surface area contributed by atoms with Crippen LogP contribution in [0.15, 0.2) is 16.6 Å². The van der Waals surface area contributed by atoms with Gasteiger partial charge in [-0.1, -0.05) is 11.6 Å². The second kappa shape index (κ2) is 8.30. The highest BCUT2D eigenvalue weighted by Crippen LogP contribution is 2.20. The van der Waals surface area contributed by atoms with E-state index >= 15 is 0 Å². The van der Waals surface area contributed by atoms with Crippen LogP contribution in [0.5, 0.6) is 0 Å². The summed E-state index contributed by atoms with van der Waals surface area (Å²) in [5, 5.41) is 3.40. The molecule has 0 amide bonds. The first-order chi connectivity index (χ1) is 9.79. The monoisotopic (exact) mass is 279 g/mol. The Hall–Kier alpha value is -1.03. The minimum Gasteiger partial charge on any atom is -0.381 e. The number of rotatable bonds is 6. The van der Waals surface area contributed by atoms with Crippen molar-refractivity contribution in [2.24, 2.45) is 10.9 Å². The molecule has 20 heavy (non-hydrogen) atoms. The Morgan fingerprint density at radius 3 is 3.10 bits per heavy atom. The van der Waals surface area contributed by atoms with Crippen LogP contribution in [-0.4, -0.2) is 50.8 Å². The van der Waals surface area contributed by atoms with Crippen molar-refractivity contribution < 1.29 is 4.74 Å². The molecule has 2 rings (SSSR count). The maximum atomic E-state index is 5.45. The largest absolute Gasteiger partial charge is 0.381 e. The lowest BCUT2D eigenvalue weighted by molar-refractivity contribution is 0.181. The van der Waals surface area contributed by atoms with Gasteiger partial charge in [0.05, 0.1) is 6.61 Å². The van der Waals surface area contributed by atoms with Gasteiger partial charge in [0, 0.05) is 39.2 Å². The number of hydrogen-bond donors (Lipinski definition) is 1. The van der Waals surface area contributed by atoms with Crippen molar-refractivity contribution >= 4 is 5.96 Å². The summed E-state index contributed by atoms with van der Waals surface area (Å²) in [5.74, 6) is 1.69. The zero-order valence-corrected chi connectivity index (χ0v) is 13.0. The van der Waals surface area contributed by atoms with E-state index in [9.17, 15) is 0 Å². The summed E-state index contributed by atoms with van der Waals surface area (Å²) < 4.78 is 5.45. The fourth-order valence-electron chi connectivity index (χ4n) is 2.94. The van der Waals surface area contributed by atoms with Crippen molar-refractivity contribution in [1.29, 1.82) is 0 Å². The zero-order valence-electron chi connectivity index (χ0n) is 13.0. The molecule has 1 N–H and O–H groups in total. The highest BCUT2D eigenvalue weighted by atomic mass is 16.5. The highest BCUT2D eigenvalue weighted by molar-refractivity contribution is 5.79. The van der Waals surface area contributed by atoms with Crippen molar-refractivity contribution in [1.82, 2.24) is 10.2 Å². The van der Waals surface area contributed by atoms with E-state index < -0.39 is 0 Å². The van der Waals surface area contributed by atoms with E-state index in [2.05, 4.69) is 30.3 Å². The van der Waals surface area contributed by atoms with Crippen LogP contribution in [0.25, 0.3) is 0 Å². The Bertz CT molecular complexity index is 346. The molecule has 0 aromatic heterocycles. The number of allylic oxidation sites excluding steroid dienone is 1. The third kappa shape index (κ3) is 4.82. The van der Waals surface area contributed by atoms with Gasteiger partial charge in [-0.25, -0.2) is 0 Å². The smallest absolute Gasteiger partial charge is 0.193 e. The third-order valence-electron chi connectivity index (χ3n) is 4.08. The number of nitrogens with one attached hydrogen (secondary N) is 1. The van der Waals surface area contributed by atoms with Crippen LogP contribution in [0.1, 0.15) is 39.0 Å². The summed E-state index contributed by atoms with van der Waals surface area (Å²) in [6, 6.07) is 0. The topological polar surface area (TPSA) is 36.9 Å². The van der Waals surface area contributed by atoms with E-state index in [1.165, 1.54) is 25.7 Å². The van der Waals surface area contributed by atoms with Crippen LogP contribution < -0.4 is 5.32 Å². The second-order valence-corrected chi connectivity index (χ2v) is 5.85. The van der Waals surface area contributed by atoms with Gasteiger partial charge in [-0.15, -0.1) is 0 Å². The SMILES string of the molecule is CCNC(=NCCC1=CCCC1)N(C)CC1CCOC1. The Labute approximate surface area is 123 Å². The average molecular weight is 279 g/mol. The lowest BCUT2D eigenvalue weighted by atomic mass is 10.1. The molecule has 0 bridgehead atoms. The summed E-state index contributed by atoms with van der Waals surface area (Å²) >= 11 is 0. The van der Waals surface area contributed by atoms with Crippen LogP contribution in [0, 0.1) is 5.92 Å². The second-order valence-electron chi connectivity index (χ2n) is 5.85. The van der Waals surface area contributed by atoms with E-state index in [1.807, 2.05) is 0 Å². The number of guanidine groups is 1. The molecule has 1 fully saturated rings. The van der Waals surface area contributed by atoms with E-state index in [-0.39, 0.29) is 0 Å². The third-order valence-corrected chi connectivity index (χ3v) is 4.08.